The zero-order valence-corrected chi connectivity index (χ0v) is 16.0. The lowest BCUT2D eigenvalue weighted by Crippen LogP contribution is -2.62. The lowest BCUT2D eigenvalue weighted by Gasteiger charge is -2.47. The van der Waals surface area contributed by atoms with Crippen molar-refractivity contribution in [1.29, 1.82) is 0 Å². The van der Waals surface area contributed by atoms with Gasteiger partial charge in [0.05, 0.1) is 6.20 Å². The molecule has 0 amide bonds. The molecule has 0 radical (unpaired) electrons. The fraction of sp³-hybridized carbons (Fsp3) is 0.130. The van der Waals surface area contributed by atoms with Crippen LogP contribution in [0.3, 0.4) is 0 Å². The first-order valence-electron chi connectivity index (χ1n) is 9.46. The van der Waals surface area contributed by atoms with Gasteiger partial charge in [-0.05, 0) is 30.3 Å². The van der Waals surface area contributed by atoms with E-state index in [1.165, 1.54) is 6.07 Å². The van der Waals surface area contributed by atoms with Gasteiger partial charge in [-0.2, -0.15) is 13.9 Å². The lowest BCUT2D eigenvalue weighted by molar-refractivity contribution is -0.298. The van der Waals surface area contributed by atoms with Crippen LogP contribution in [0.5, 0.6) is 0 Å². The van der Waals surface area contributed by atoms with Gasteiger partial charge in [-0.15, -0.1) is 0 Å². The van der Waals surface area contributed by atoms with Crippen LogP contribution in [-0.4, -0.2) is 16.0 Å². The van der Waals surface area contributed by atoms with Gasteiger partial charge in [0.2, 0.25) is 0 Å². The van der Waals surface area contributed by atoms with Gasteiger partial charge < -0.3 is 4.98 Å². The van der Waals surface area contributed by atoms with Crippen molar-refractivity contribution in [3.63, 3.8) is 0 Å². The second kappa shape index (κ2) is 6.51. The van der Waals surface area contributed by atoms with Gasteiger partial charge in [0, 0.05) is 32.9 Å². The number of hydrogen-bond acceptors (Lipinski definition) is 1. The molecule has 1 aliphatic heterocycles. The molecule has 2 atom stereocenters. The number of rotatable bonds is 2. The van der Waals surface area contributed by atoms with Gasteiger partial charge in [-0.25, -0.2) is 17.6 Å². The molecule has 9 heteroatoms. The van der Waals surface area contributed by atoms with Crippen molar-refractivity contribution >= 4 is 21.8 Å². The van der Waals surface area contributed by atoms with Crippen molar-refractivity contribution in [3.8, 4) is 0 Å². The lowest BCUT2D eigenvalue weighted by atomic mass is 9.74. The first-order valence-corrected chi connectivity index (χ1v) is 9.46. The van der Waals surface area contributed by atoms with Crippen LogP contribution in [-0.2, 0) is 11.5 Å². The highest BCUT2D eigenvalue weighted by atomic mass is 19.3. The molecule has 0 saturated heterocycles. The number of alkyl halides is 4. The monoisotopic (exact) mass is 450 g/mol. The summed E-state index contributed by atoms with van der Waals surface area (Å²) in [7, 11) is 0. The summed E-state index contributed by atoms with van der Waals surface area (Å²) in [6.07, 6.45) is -0.465. The Labute approximate surface area is 176 Å². The molecule has 0 fully saturated rings. The smallest absolute Gasteiger partial charge is 0.343 e. The standard InChI is InChI=1S/C23H13F7N2/c24-15-5-3-4-14(10-15)23(29)21(26,22(27,28)20(25)12-32(23)30)13-8-9-19-17(11-13)16-6-1-2-7-18(16)31-19/h1-12,31H. The van der Waals surface area contributed by atoms with E-state index in [4.69, 9.17) is 0 Å². The largest absolute Gasteiger partial charge is 0.355 e. The SMILES string of the molecule is FC1=CN(F)C(F)(c2cccc(F)c2)C(F)(c2ccc3[nH]c4ccccc4c3c2)C1(F)F. The third-order valence-electron chi connectivity index (χ3n) is 5.82. The van der Waals surface area contributed by atoms with Gasteiger partial charge in [0.25, 0.3) is 11.5 Å². The van der Waals surface area contributed by atoms with Crippen LogP contribution in [0.4, 0.5) is 30.8 Å². The van der Waals surface area contributed by atoms with Crippen LogP contribution >= 0.6 is 0 Å². The van der Waals surface area contributed by atoms with Crippen LogP contribution in [0.1, 0.15) is 11.1 Å². The third kappa shape index (κ3) is 2.42. The predicted octanol–water partition coefficient (Wildman–Crippen LogP) is 7.09. The molecule has 1 aromatic heterocycles. The number of allylic oxidation sites excluding steroid dienone is 1. The fourth-order valence-corrected chi connectivity index (χ4v) is 4.24. The molecular weight excluding hydrogens is 437 g/mol. The Morgan fingerprint density at radius 3 is 2.19 bits per heavy atom. The Hall–Kier alpha value is -3.49. The highest BCUT2D eigenvalue weighted by molar-refractivity contribution is 6.07. The van der Waals surface area contributed by atoms with Crippen molar-refractivity contribution in [3.05, 3.63) is 95.7 Å². The second-order valence-electron chi connectivity index (χ2n) is 7.58. The van der Waals surface area contributed by atoms with Gasteiger partial charge in [-0.3, -0.25) is 0 Å². The minimum Gasteiger partial charge on any atom is -0.355 e. The summed E-state index contributed by atoms with van der Waals surface area (Å²) >= 11 is 0. The molecule has 164 valence electrons. The molecule has 2 nitrogen and oxygen atoms in total. The van der Waals surface area contributed by atoms with E-state index in [2.05, 4.69) is 4.98 Å². The zero-order chi connectivity index (χ0) is 22.9. The minimum atomic E-state index is -5.11. The minimum absolute atomic E-state index is 0.243. The van der Waals surface area contributed by atoms with E-state index in [9.17, 15) is 13.3 Å². The second-order valence-corrected chi connectivity index (χ2v) is 7.58. The molecule has 0 bridgehead atoms. The van der Waals surface area contributed by atoms with Crippen LogP contribution < -0.4 is 0 Å². The Morgan fingerprint density at radius 2 is 1.44 bits per heavy atom. The van der Waals surface area contributed by atoms with E-state index in [1.807, 2.05) is 0 Å². The van der Waals surface area contributed by atoms with Crippen LogP contribution in [0.15, 0.2) is 78.8 Å². The highest BCUT2D eigenvalue weighted by Crippen LogP contribution is 2.62. The summed E-state index contributed by atoms with van der Waals surface area (Å²) in [6.45, 7) is 0. The highest BCUT2D eigenvalue weighted by Gasteiger charge is 2.77. The molecule has 2 unspecified atom stereocenters. The predicted molar refractivity (Wildman–Crippen MR) is 105 cm³/mol. The number of fused-ring (bicyclic) bond motifs is 3. The average molecular weight is 450 g/mol. The van der Waals surface area contributed by atoms with E-state index in [0.29, 0.717) is 22.5 Å². The number of halogens is 7. The molecule has 1 aliphatic rings. The normalized spacial score (nSPS) is 25.3. The molecule has 0 saturated carbocycles. The summed E-state index contributed by atoms with van der Waals surface area (Å²) < 4.78 is 106. The van der Waals surface area contributed by atoms with Gasteiger partial charge in [-0.1, -0.05) is 40.9 Å². The molecule has 2 heterocycles. The Balaban J connectivity index is 1.85. The summed E-state index contributed by atoms with van der Waals surface area (Å²) in [4.78, 5) is 3.00. The van der Waals surface area contributed by atoms with Crippen LogP contribution in [0, 0.1) is 5.82 Å². The van der Waals surface area contributed by atoms with Gasteiger partial charge >= 0.3 is 5.92 Å². The van der Waals surface area contributed by atoms with Crippen LogP contribution in [0.25, 0.3) is 21.8 Å². The first kappa shape index (κ1) is 20.4. The number of hydrogen-bond donors (Lipinski definition) is 1. The maximum Gasteiger partial charge on any atom is 0.343 e. The van der Waals surface area contributed by atoms with E-state index in [-0.39, 0.29) is 5.39 Å². The summed E-state index contributed by atoms with van der Waals surface area (Å²) in [5.41, 5.74) is -5.67. The first-order chi connectivity index (χ1) is 15.1. The molecule has 3 aromatic carbocycles. The maximum atomic E-state index is 16.5. The maximum absolute atomic E-state index is 16.5. The molecule has 5 rings (SSSR count). The number of benzene rings is 3. The van der Waals surface area contributed by atoms with Crippen molar-refractivity contribution in [1.82, 2.24) is 10.1 Å². The van der Waals surface area contributed by atoms with Gasteiger partial charge in [0.1, 0.15) is 5.82 Å². The Morgan fingerprint density at radius 1 is 0.719 bits per heavy atom. The number of aromatic nitrogens is 1. The summed E-state index contributed by atoms with van der Waals surface area (Å²) in [5, 5.41) is -0.364. The molecule has 0 aliphatic carbocycles. The average Bonchev–Trinajstić information content (AvgIpc) is 3.14. The van der Waals surface area contributed by atoms with Crippen molar-refractivity contribution in [2.24, 2.45) is 0 Å². The molecule has 0 spiro atoms. The van der Waals surface area contributed by atoms with Crippen molar-refractivity contribution < 1.29 is 30.8 Å². The summed E-state index contributed by atoms with van der Waals surface area (Å²) in [6, 6.07) is 12.5. The van der Waals surface area contributed by atoms with E-state index >= 15 is 17.6 Å². The van der Waals surface area contributed by atoms with Crippen LogP contribution in [0.2, 0.25) is 0 Å². The zero-order valence-electron chi connectivity index (χ0n) is 16.0. The van der Waals surface area contributed by atoms with E-state index in [0.717, 1.165) is 30.3 Å². The topological polar surface area (TPSA) is 19.0 Å². The van der Waals surface area contributed by atoms with Gasteiger partial charge in [0.15, 0.2) is 5.83 Å². The quantitative estimate of drug-likeness (QED) is 0.196. The van der Waals surface area contributed by atoms with E-state index in [1.54, 1.807) is 24.3 Å². The van der Waals surface area contributed by atoms with Crippen molar-refractivity contribution in [2.75, 3.05) is 0 Å². The number of para-hydroxylation sites is 1. The number of nitrogens with zero attached hydrogens (tertiary/aromatic N) is 1. The van der Waals surface area contributed by atoms with E-state index < -0.39 is 51.5 Å². The number of nitrogens with one attached hydrogen (secondary N) is 1. The molecule has 1 N–H and O–H groups in total. The molecular formula is C23H13F7N2. The number of aromatic amines is 1. The number of H-pyrrole nitrogens is 1. The fourth-order valence-electron chi connectivity index (χ4n) is 4.24. The molecule has 32 heavy (non-hydrogen) atoms. The molecule has 4 aromatic rings. The third-order valence-corrected chi connectivity index (χ3v) is 5.82. The summed E-state index contributed by atoms with van der Waals surface area (Å²) in [5.74, 6) is -13.0. The van der Waals surface area contributed by atoms with Crippen molar-refractivity contribution in [2.45, 2.75) is 17.4 Å². The Kier molecular flexibility index (Phi) is 4.15. The Bertz CT molecular complexity index is 1400.